The Morgan fingerprint density at radius 2 is 1.77 bits per heavy atom. The number of ether oxygens (including phenoxy) is 1. The highest BCUT2D eigenvalue weighted by Crippen LogP contribution is 2.23. The smallest absolute Gasteiger partial charge is 0.270 e. The van der Waals surface area contributed by atoms with Crippen LogP contribution in [0.25, 0.3) is 0 Å². The highest BCUT2D eigenvalue weighted by molar-refractivity contribution is 6.01. The lowest BCUT2D eigenvalue weighted by Gasteiger charge is -2.31. The Hall–Kier alpha value is -2.60. The predicted molar refractivity (Wildman–Crippen MR) is 116 cm³/mol. The zero-order chi connectivity index (χ0) is 20.9. The lowest BCUT2D eigenvalue weighted by atomic mass is 9.90. The van der Waals surface area contributed by atoms with E-state index in [1.807, 2.05) is 17.0 Å². The SMILES string of the molecule is COc1ccc(CC2CCN(CC(=O)c3c[nH]c(C(=O)N4CCCC4)c3)CC2)cc1. The first-order valence-electron chi connectivity index (χ1n) is 11.0. The average molecular weight is 410 g/mol. The van der Waals surface area contributed by atoms with Crippen molar-refractivity contribution in [1.82, 2.24) is 14.8 Å². The van der Waals surface area contributed by atoms with Crippen LogP contribution in [0.4, 0.5) is 0 Å². The largest absolute Gasteiger partial charge is 0.497 e. The van der Waals surface area contributed by atoms with Crippen molar-refractivity contribution < 1.29 is 14.3 Å². The molecule has 6 nitrogen and oxygen atoms in total. The highest BCUT2D eigenvalue weighted by atomic mass is 16.5. The van der Waals surface area contributed by atoms with Crippen LogP contribution in [0.3, 0.4) is 0 Å². The number of hydrogen-bond acceptors (Lipinski definition) is 4. The number of nitrogens with one attached hydrogen (secondary N) is 1. The number of carbonyl (C=O) groups excluding carboxylic acids is 2. The predicted octanol–water partition coefficient (Wildman–Crippen LogP) is 3.40. The minimum absolute atomic E-state index is 0.00546. The third-order valence-corrected chi connectivity index (χ3v) is 6.39. The summed E-state index contributed by atoms with van der Waals surface area (Å²) in [5.41, 5.74) is 2.48. The van der Waals surface area contributed by atoms with E-state index < -0.39 is 0 Å². The van der Waals surface area contributed by atoms with Gasteiger partial charge in [0, 0.05) is 24.8 Å². The Kier molecular flexibility index (Phi) is 6.53. The maximum atomic E-state index is 12.7. The zero-order valence-corrected chi connectivity index (χ0v) is 17.7. The molecule has 30 heavy (non-hydrogen) atoms. The molecule has 4 rings (SSSR count). The zero-order valence-electron chi connectivity index (χ0n) is 17.7. The van der Waals surface area contributed by atoms with E-state index in [2.05, 4.69) is 22.0 Å². The van der Waals surface area contributed by atoms with Crippen LogP contribution < -0.4 is 4.74 Å². The molecule has 0 radical (unpaired) electrons. The number of methoxy groups -OCH3 is 1. The van der Waals surface area contributed by atoms with Crippen LogP contribution in [-0.4, -0.2) is 66.3 Å². The summed E-state index contributed by atoms with van der Waals surface area (Å²) in [6.07, 6.45) is 7.09. The molecule has 2 fully saturated rings. The van der Waals surface area contributed by atoms with Gasteiger partial charge < -0.3 is 14.6 Å². The van der Waals surface area contributed by atoms with Crippen LogP contribution in [0.2, 0.25) is 0 Å². The average Bonchev–Trinajstić information content (AvgIpc) is 3.48. The number of nitrogens with zero attached hydrogens (tertiary/aromatic N) is 2. The van der Waals surface area contributed by atoms with Gasteiger partial charge in [-0.25, -0.2) is 0 Å². The van der Waals surface area contributed by atoms with Crippen LogP contribution >= 0.6 is 0 Å². The van der Waals surface area contributed by atoms with Crippen LogP contribution in [-0.2, 0) is 6.42 Å². The molecule has 1 amide bonds. The number of rotatable bonds is 7. The topological polar surface area (TPSA) is 65.6 Å². The van der Waals surface area contributed by atoms with Crippen molar-refractivity contribution >= 4 is 11.7 Å². The number of H-pyrrole nitrogens is 1. The van der Waals surface area contributed by atoms with Gasteiger partial charge in [-0.1, -0.05) is 12.1 Å². The van der Waals surface area contributed by atoms with Crippen molar-refractivity contribution in [2.24, 2.45) is 5.92 Å². The summed E-state index contributed by atoms with van der Waals surface area (Å²) in [5, 5.41) is 0. The molecule has 1 N–H and O–H groups in total. The van der Waals surface area contributed by atoms with Crippen LogP contribution in [0.15, 0.2) is 36.5 Å². The molecule has 0 bridgehead atoms. The third kappa shape index (κ3) is 4.93. The van der Waals surface area contributed by atoms with Crippen molar-refractivity contribution in [3.8, 4) is 5.75 Å². The van der Waals surface area contributed by atoms with E-state index in [0.717, 1.165) is 64.0 Å². The quantitative estimate of drug-likeness (QED) is 0.712. The Morgan fingerprint density at radius 3 is 2.43 bits per heavy atom. The van der Waals surface area contributed by atoms with Crippen molar-refractivity contribution in [3.05, 3.63) is 53.3 Å². The van der Waals surface area contributed by atoms with Gasteiger partial charge in [0.05, 0.1) is 13.7 Å². The third-order valence-electron chi connectivity index (χ3n) is 6.39. The minimum atomic E-state index is 0.00546. The number of amides is 1. The second-order valence-electron chi connectivity index (χ2n) is 8.50. The standard InChI is InChI=1S/C24H31N3O3/c1-30-21-6-4-18(5-7-21)14-19-8-12-26(13-9-19)17-23(28)20-15-22(25-16-20)24(29)27-10-2-3-11-27/h4-7,15-16,19,25H,2-3,8-14,17H2,1H3. The molecular formula is C24H31N3O3. The molecule has 1 aromatic carbocycles. The Morgan fingerprint density at radius 1 is 1.07 bits per heavy atom. The van der Waals surface area contributed by atoms with E-state index in [4.69, 9.17) is 4.74 Å². The van der Waals surface area contributed by atoms with Crippen molar-refractivity contribution in [3.63, 3.8) is 0 Å². The van der Waals surface area contributed by atoms with Gasteiger partial charge in [0.15, 0.2) is 5.78 Å². The number of ketones is 1. The normalized spacial score (nSPS) is 18.0. The number of carbonyl (C=O) groups is 2. The fourth-order valence-electron chi connectivity index (χ4n) is 4.51. The lowest BCUT2D eigenvalue weighted by Crippen LogP contribution is -2.37. The molecule has 0 atom stereocenters. The lowest BCUT2D eigenvalue weighted by molar-refractivity contribution is 0.0787. The first-order chi connectivity index (χ1) is 14.6. The minimum Gasteiger partial charge on any atom is -0.497 e. The summed E-state index contributed by atoms with van der Waals surface area (Å²) in [4.78, 5) is 32.3. The molecule has 0 unspecified atom stereocenters. The first-order valence-corrected chi connectivity index (χ1v) is 11.0. The van der Waals surface area contributed by atoms with Gasteiger partial charge in [-0.2, -0.15) is 0 Å². The Bertz CT molecular complexity index is 860. The van der Waals surface area contributed by atoms with Crippen LogP contribution in [0.5, 0.6) is 5.75 Å². The highest BCUT2D eigenvalue weighted by Gasteiger charge is 2.24. The van der Waals surface area contributed by atoms with E-state index in [0.29, 0.717) is 23.7 Å². The first kappa shape index (κ1) is 20.7. The molecule has 0 saturated carbocycles. The monoisotopic (exact) mass is 409 g/mol. The number of benzene rings is 1. The molecule has 2 aliphatic heterocycles. The second-order valence-corrected chi connectivity index (χ2v) is 8.50. The van der Waals surface area contributed by atoms with Gasteiger partial charge in [-0.3, -0.25) is 14.5 Å². The summed E-state index contributed by atoms with van der Waals surface area (Å²) < 4.78 is 5.23. The van der Waals surface area contributed by atoms with Gasteiger partial charge in [-0.05, 0) is 74.9 Å². The number of piperidine rings is 1. The second kappa shape index (κ2) is 9.47. The van der Waals surface area contributed by atoms with Crippen molar-refractivity contribution in [2.45, 2.75) is 32.1 Å². The fourth-order valence-corrected chi connectivity index (χ4v) is 4.51. The maximum absolute atomic E-state index is 12.7. The summed E-state index contributed by atoms with van der Waals surface area (Å²) in [5.74, 6) is 1.63. The maximum Gasteiger partial charge on any atom is 0.270 e. The van der Waals surface area contributed by atoms with Gasteiger partial charge in [0.25, 0.3) is 5.91 Å². The van der Waals surface area contributed by atoms with Gasteiger partial charge in [0.1, 0.15) is 11.4 Å². The summed E-state index contributed by atoms with van der Waals surface area (Å²) in [6.45, 7) is 3.93. The molecule has 2 aliphatic rings. The fraction of sp³-hybridized carbons (Fsp3) is 0.500. The molecule has 1 aromatic heterocycles. The van der Waals surface area contributed by atoms with Crippen LogP contribution in [0.1, 0.15) is 52.1 Å². The number of aromatic amines is 1. The van der Waals surface area contributed by atoms with Gasteiger partial charge >= 0.3 is 0 Å². The molecule has 3 heterocycles. The molecular weight excluding hydrogens is 378 g/mol. The Balaban J connectivity index is 1.24. The molecule has 0 spiro atoms. The van der Waals surface area contributed by atoms with E-state index in [-0.39, 0.29) is 11.7 Å². The molecule has 160 valence electrons. The van der Waals surface area contributed by atoms with E-state index in [1.54, 1.807) is 19.4 Å². The van der Waals surface area contributed by atoms with E-state index in [1.165, 1.54) is 5.56 Å². The summed E-state index contributed by atoms with van der Waals surface area (Å²) in [7, 11) is 1.69. The van der Waals surface area contributed by atoms with E-state index >= 15 is 0 Å². The molecule has 2 saturated heterocycles. The summed E-state index contributed by atoms with van der Waals surface area (Å²) in [6, 6.07) is 10.0. The van der Waals surface area contributed by atoms with Gasteiger partial charge in [-0.15, -0.1) is 0 Å². The Labute approximate surface area is 178 Å². The molecule has 2 aromatic rings. The van der Waals surface area contributed by atoms with Crippen molar-refractivity contribution in [1.29, 1.82) is 0 Å². The summed E-state index contributed by atoms with van der Waals surface area (Å²) >= 11 is 0. The molecule has 0 aliphatic carbocycles. The number of likely N-dealkylation sites (tertiary alicyclic amines) is 2. The van der Waals surface area contributed by atoms with Crippen molar-refractivity contribution in [2.75, 3.05) is 39.8 Å². The number of Topliss-reactive ketones (excluding diaryl/α,β-unsaturated/α-hetero) is 1. The van der Waals surface area contributed by atoms with Gasteiger partial charge in [0.2, 0.25) is 0 Å². The number of aromatic nitrogens is 1. The van der Waals surface area contributed by atoms with E-state index in [9.17, 15) is 9.59 Å². The van der Waals surface area contributed by atoms with Crippen LogP contribution in [0, 0.1) is 5.92 Å². The number of hydrogen-bond donors (Lipinski definition) is 1. The molecule has 6 heteroatoms.